The Hall–Kier alpha value is -2.35. The highest BCUT2D eigenvalue weighted by Crippen LogP contribution is 2.37. The van der Waals surface area contributed by atoms with Gasteiger partial charge < -0.3 is 10.6 Å². The normalized spacial score (nSPS) is 15.5. The number of nitrogens with zero attached hydrogens (tertiary/aromatic N) is 1. The zero-order valence-corrected chi connectivity index (χ0v) is 10.2. The molecule has 1 aliphatic rings. The fourth-order valence-corrected chi connectivity index (χ4v) is 1.93. The van der Waals surface area contributed by atoms with Gasteiger partial charge in [0.25, 0.3) is 5.91 Å². The minimum absolute atomic E-state index is 0.0313. The number of nitrogens with one attached hydrogen (secondary N) is 2. The van der Waals surface area contributed by atoms with Gasteiger partial charge in [0.1, 0.15) is 6.54 Å². The molecule has 1 aromatic rings. The number of fused-ring (bicyclic) bond motifs is 1. The molecule has 0 aromatic heterocycles. The lowest BCUT2D eigenvalue weighted by atomic mass is 9.85. The summed E-state index contributed by atoms with van der Waals surface area (Å²) in [5.74, 6) is -0.387. The van der Waals surface area contributed by atoms with Crippen molar-refractivity contribution >= 4 is 17.5 Å². The highest BCUT2D eigenvalue weighted by Gasteiger charge is 2.38. The van der Waals surface area contributed by atoms with Crippen molar-refractivity contribution in [2.45, 2.75) is 19.3 Å². The summed E-state index contributed by atoms with van der Waals surface area (Å²) in [6.45, 7) is 3.59. The summed E-state index contributed by atoms with van der Waals surface area (Å²) >= 11 is 0. The zero-order chi connectivity index (χ0) is 13.3. The average Bonchev–Trinajstić information content (AvgIpc) is 2.57. The highest BCUT2D eigenvalue weighted by molar-refractivity contribution is 6.07. The molecule has 0 spiro atoms. The summed E-state index contributed by atoms with van der Waals surface area (Å²) in [6.07, 6.45) is 0. The topological polar surface area (TPSA) is 82.0 Å². The van der Waals surface area contributed by atoms with Gasteiger partial charge in [-0.05, 0) is 37.6 Å². The molecule has 18 heavy (non-hydrogen) atoms. The Bertz CT molecular complexity index is 570. The first-order valence-corrected chi connectivity index (χ1v) is 5.58. The second-order valence-electron chi connectivity index (χ2n) is 4.68. The molecule has 2 N–H and O–H groups in total. The molecular weight excluding hydrogens is 230 g/mol. The fourth-order valence-electron chi connectivity index (χ4n) is 1.93. The van der Waals surface area contributed by atoms with E-state index in [0.29, 0.717) is 5.56 Å². The van der Waals surface area contributed by atoms with E-state index in [0.717, 1.165) is 11.3 Å². The molecule has 0 aliphatic carbocycles. The lowest BCUT2D eigenvalue weighted by Gasteiger charge is -2.15. The first kappa shape index (κ1) is 12.1. The van der Waals surface area contributed by atoms with E-state index in [-0.39, 0.29) is 18.4 Å². The third kappa shape index (κ3) is 1.82. The molecule has 0 radical (unpaired) electrons. The van der Waals surface area contributed by atoms with E-state index >= 15 is 0 Å². The molecule has 0 atom stereocenters. The number of carbonyl (C=O) groups is 2. The number of amides is 2. The van der Waals surface area contributed by atoms with Crippen molar-refractivity contribution in [2.24, 2.45) is 0 Å². The van der Waals surface area contributed by atoms with Crippen LogP contribution in [0, 0.1) is 11.3 Å². The Morgan fingerprint density at radius 3 is 2.89 bits per heavy atom. The van der Waals surface area contributed by atoms with Gasteiger partial charge >= 0.3 is 0 Å². The second kappa shape index (κ2) is 4.15. The van der Waals surface area contributed by atoms with Crippen molar-refractivity contribution in [1.29, 1.82) is 5.26 Å². The van der Waals surface area contributed by atoms with Crippen LogP contribution < -0.4 is 10.6 Å². The number of benzene rings is 1. The Morgan fingerprint density at radius 1 is 1.50 bits per heavy atom. The summed E-state index contributed by atoms with van der Waals surface area (Å²) in [5.41, 5.74) is 1.36. The van der Waals surface area contributed by atoms with E-state index in [1.165, 1.54) is 0 Å². The third-order valence-electron chi connectivity index (χ3n) is 3.10. The van der Waals surface area contributed by atoms with Crippen LogP contribution in [-0.4, -0.2) is 18.4 Å². The molecule has 0 saturated carbocycles. The Balaban J connectivity index is 2.35. The van der Waals surface area contributed by atoms with E-state index in [9.17, 15) is 9.59 Å². The van der Waals surface area contributed by atoms with Crippen LogP contribution in [0.4, 0.5) is 5.69 Å². The quantitative estimate of drug-likeness (QED) is 0.765. The van der Waals surface area contributed by atoms with Crippen molar-refractivity contribution in [3.05, 3.63) is 29.3 Å². The van der Waals surface area contributed by atoms with Gasteiger partial charge in [-0.2, -0.15) is 5.26 Å². The van der Waals surface area contributed by atoms with Crippen molar-refractivity contribution < 1.29 is 9.59 Å². The van der Waals surface area contributed by atoms with E-state index in [4.69, 9.17) is 5.26 Å². The average molecular weight is 243 g/mol. The molecule has 0 bridgehead atoms. The Labute approximate surface area is 105 Å². The maximum Gasteiger partial charge on any atom is 0.252 e. The number of carbonyl (C=O) groups excluding carboxylic acids is 2. The SMILES string of the molecule is CC1(C)C(=O)Nc2ccc(C(=O)NCC#N)cc21. The molecule has 1 heterocycles. The molecule has 1 aliphatic heterocycles. The van der Waals surface area contributed by atoms with Gasteiger partial charge in [0.2, 0.25) is 5.91 Å². The number of anilines is 1. The van der Waals surface area contributed by atoms with Gasteiger partial charge in [-0.1, -0.05) is 0 Å². The standard InChI is InChI=1S/C13H13N3O2/c1-13(2)9-7-8(11(17)15-6-5-14)3-4-10(9)16-12(13)18/h3-4,7H,6H2,1-2H3,(H,15,17)(H,16,18). The lowest BCUT2D eigenvalue weighted by molar-refractivity contribution is -0.119. The third-order valence-corrected chi connectivity index (χ3v) is 3.10. The first-order valence-electron chi connectivity index (χ1n) is 5.58. The van der Waals surface area contributed by atoms with Crippen LogP contribution >= 0.6 is 0 Å². The number of nitriles is 1. The maximum atomic E-state index is 11.8. The van der Waals surface area contributed by atoms with Crippen molar-refractivity contribution in [2.75, 3.05) is 11.9 Å². The van der Waals surface area contributed by atoms with Crippen LogP contribution in [0.15, 0.2) is 18.2 Å². The minimum Gasteiger partial charge on any atom is -0.339 e. The first-order chi connectivity index (χ1) is 8.46. The molecule has 1 aromatic carbocycles. The molecule has 0 fully saturated rings. The van der Waals surface area contributed by atoms with Crippen molar-refractivity contribution in [1.82, 2.24) is 5.32 Å². The maximum absolute atomic E-state index is 11.8. The molecule has 0 saturated heterocycles. The summed E-state index contributed by atoms with van der Waals surface area (Å²) in [7, 11) is 0. The van der Waals surface area contributed by atoms with Crippen molar-refractivity contribution in [3.63, 3.8) is 0 Å². The van der Waals surface area contributed by atoms with Crippen LogP contribution in [-0.2, 0) is 10.2 Å². The summed E-state index contributed by atoms with van der Waals surface area (Å²) in [6, 6.07) is 6.88. The second-order valence-corrected chi connectivity index (χ2v) is 4.68. The lowest BCUT2D eigenvalue weighted by Crippen LogP contribution is -2.27. The summed E-state index contributed by atoms with van der Waals surface area (Å²) in [5, 5.41) is 13.7. The predicted molar refractivity (Wildman–Crippen MR) is 66.0 cm³/mol. The van der Waals surface area contributed by atoms with Crippen LogP contribution in [0.5, 0.6) is 0 Å². The summed E-state index contributed by atoms with van der Waals surface area (Å²) < 4.78 is 0. The van der Waals surface area contributed by atoms with Gasteiger partial charge in [-0.25, -0.2) is 0 Å². The van der Waals surface area contributed by atoms with Gasteiger partial charge in [0.05, 0.1) is 11.5 Å². The largest absolute Gasteiger partial charge is 0.339 e. The predicted octanol–water partition coefficient (Wildman–Crippen LogP) is 1.17. The van der Waals surface area contributed by atoms with Crippen LogP contribution in [0.1, 0.15) is 29.8 Å². The van der Waals surface area contributed by atoms with E-state index in [1.54, 1.807) is 18.2 Å². The minimum atomic E-state index is -0.638. The molecule has 5 heteroatoms. The van der Waals surface area contributed by atoms with Crippen LogP contribution in [0.25, 0.3) is 0 Å². The Morgan fingerprint density at radius 2 is 2.22 bits per heavy atom. The smallest absolute Gasteiger partial charge is 0.252 e. The number of hydrogen-bond donors (Lipinski definition) is 2. The molecule has 92 valence electrons. The van der Waals surface area contributed by atoms with Gasteiger partial charge in [-0.3, -0.25) is 9.59 Å². The van der Waals surface area contributed by atoms with Gasteiger partial charge in [0, 0.05) is 11.3 Å². The molecule has 0 unspecified atom stereocenters. The van der Waals surface area contributed by atoms with Crippen molar-refractivity contribution in [3.8, 4) is 6.07 Å². The molecule has 2 rings (SSSR count). The number of rotatable bonds is 2. The van der Waals surface area contributed by atoms with Gasteiger partial charge in [-0.15, -0.1) is 0 Å². The number of hydrogen-bond acceptors (Lipinski definition) is 3. The van der Waals surface area contributed by atoms with E-state index < -0.39 is 5.41 Å². The van der Waals surface area contributed by atoms with Gasteiger partial charge in [0.15, 0.2) is 0 Å². The van der Waals surface area contributed by atoms with E-state index in [1.807, 2.05) is 19.9 Å². The molecular formula is C13H13N3O2. The Kier molecular flexibility index (Phi) is 2.79. The summed E-state index contributed by atoms with van der Waals surface area (Å²) in [4.78, 5) is 23.5. The molecule has 2 amide bonds. The molecule has 5 nitrogen and oxygen atoms in total. The van der Waals surface area contributed by atoms with Crippen LogP contribution in [0.2, 0.25) is 0 Å². The monoisotopic (exact) mass is 243 g/mol. The highest BCUT2D eigenvalue weighted by atomic mass is 16.2. The zero-order valence-electron chi connectivity index (χ0n) is 10.2. The fraction of sp³-hybridized carbons (Fsp3) is 0.308. The van der Waals surface area contributed by atoms with E-state index in [2.05, 4.69) is 10.6 Å². The van der Waals surface area contributed by atoms with Crippen LogP contribution in [0.3, 0.4) is 0 Å².